The lowest BCUT2D eigenvalue weighted by atomic mass is 10.1. The molecule has 0 radical (unpaired) electrons. The predicted molar refractivity (Wildman–Crippen MR) is 74.5 cm³/mol. The maximum atomic E-state index is 6.13. The Labute approximate surface area is 111 Å². The van der Waals surface area contributed by atoms with Crippen LogP contribution in [0.15, 0.2) is 16.5 Å². The molecule has 0 aliphatic rings. The normalized spacial score (nSPS) is 16.5. The first-order chi connectivity index (χ1) is 8.58. The SMILES string of the molecule is CCCC(C)COC(c1ccc(C)o1)C(N)CC. The fraction of sp³-hybridized carbons (Fsp3) is 0.733. The van der Waals surface area contributed by atoms with Gasteiger partial charge in [-0.05, 0) is 37.8 Å². The van der Waals surface area contributed by atoms with Gasteiger partial charge in [0.15, 0.2) is 0 Å². The highest BCUT2D eigenvalue weighted by molar-refractivity contribution is 5.10. The second kappa shape index (κ2) is 7.59. The summed E-state index contributed by atoms with van der Waals surface area (Å²) in [5.74, 6) is 2.33. The quantitative estimate of drug-likeness (QED) is 0.766. The van der Waals surface area contributed by atoms with Crippen molar-refractivity contribution < 1.29 is 9.15 Å². The lowest BCUT2D eigenvalue weighted by Gasteiger charge is -2.23. The lowest BCUT2D eigenvalue weighted by molar-refractivity contribution is 0.000226. The van der Waals surface area contributed by atoms with E-state index in [9.17, 15) is 0 Å². The van der Waals surface area contributed by atoms with E-state index in [1.807, 2.05) is 19.1 Å². The number of furan rings is 1. The van der Waals surface area contributed by atoms with E-state index in [1.54, 1.807) is 0 Å². The minimum atomic E-state index is -0.122. The highest BCUT2D eigenvalue weighted by Crippen LogP contribution is 2.25. The summed E-state index contributed by atoms with van der Waals surface area (Å²) in [6.07, 6.45) is 3.13. The van der Waals surface area contributed by atoms with Crippen molar-refractivity contribution in [2.75, 3.05) is 6.61 Å². The van der Waals surface area contributed by atoms with Gasteiger partial charge in [0.2, 0.25) is 0 Å². The first kappa shape index (κ1) is 15.3. The molecule has 1 rings (SSSR count). The molecule has 2 N–H and O–H groups in total. The smallest absolute Gasteiger partial charge is 0.134 e. The summed E-state index contributed by atoms with van der Waals surface area (Å²) < 4.78 is 11.6. The van der Waals surface area contributed by atoms with Crippen molar-refractivity contribution in [1.82, 2.24) is 0 Å². The third-order valence-corrected chi connectivity index (χ3v) is 3.24. The van der Waals surface area contributed by atoms with Gasteiger partial charge in [-0.15, -0.1) is 0 Å². The number of aryl methyl sites for hydroxylation is 1. The molecule has 3 atom stereocenters. The Balaban J connectivity index is 2.62. The van der Waals surface area contributed by atoms with E-state index in [0.29, 0.717) is 5.92 Å². The van der Waals surface area contributed by atoms with Crippen LogP contribution in [0, 0.1) is 12.8 Å². The highest BCUT2D eigenvalue weighted by Gasteiger charge is 2.23. The van der Waals surface area contributed by atoms with Gasteiger partial charge in [-0.25, -0.2) is 0 Å². The van der Waals surface area contributed by atoms with Crippen LogP contribution in [0.25, 0.3) is 0 Å². The van der Waals surface area contributed by atoms with Crippen LogP contribution >= 0.6 is 0 Å². The van der Waals surface area contributed by atoms with E-state index in [-0.39, 0.29) is 12.1 Å². The molecular formula is C15H27NO2. The highest BCUT2D eigenvalue weighted by atomic mass is 16.5. The van der Waals surface area contributed by atoms with Crippen molar-refractivity contribution in [3.05, 3.63) is 23.7 Å². The van der Waals surface area contributed by atoms with Crippen molar-refractivity contribution in [3.63, 3.8) is 0 Å². The second-order valence-electron chi connectivity index (χ2n) is 5.17. The fourth-order valence-corrected chi connectivity index (χ4v) is 2.08. The Bertz CT molecular complexity index is 335. The van der Waals surface area contributed by atoms with Gasteiger partial charge in [0.05, 0.1) is 6.61 Å². The molecule has 0 aromatic carbocycles. The molecule has 104 valence electrons. The molecule has 1 aromatic rings. The van der Waals surface area contributed by atoms with Crippen LogP contribution in [0.3, 0.4) is 0 Å². The van der Waals surface area contributed by atoms with E-state index >= 15 is 0 Å². The summed E-state index contributed by atoms with van der Waals surface area (Å²) in [7, 11) is 0. The minimum absolute atomic E-state index is 0.00984. The average molecular weight is 253 g/mol. The first-order valence-electron chi connectivity index (χ1n) is 7.01. The molecule has 1 aromatic heterocycles. The topological polar surface area (TPSA) is 48.4 Å². The first-order valence-corrected chi connectivity index (χ1v) is 7.01. The molecule has 0 saturated heterocycles. The molecule has 18 heavy (non-hydrogen) atoms. The molecule has 0 spiro atoms. The lowest BCUT2D eigenvalue weighted by Crippen LogP contribution is -2.30. The molecule has 0 aliphatic carbocycles. The molecule has 0 bridgehead atoms. The van der Waals surface area contributed by atoms with Crippen LogP contribution < -0.4 is 5.73 Å². The van der Waals surface area contributed by atoms with Gasteiger partial charge in [0, 0.05) is 6.04 Å². The maximum absolute atomic E-state index is 6.13. The summed E-state index contributed by atoms with van der Waals surface area (Å²) in [6.45, 7) is 9.17. The van der Waals surface area contributed by atoms with Gasteiger partial charge in [-0.3, -0.25) is 0 Å². The van der Waals surface area contributed by atoms with Gasteiger partial charge in [0.1, 0.15) is 17.6 Å². The van der Waals surface area contributed by atoms with Crippen molar-refractivity contribution in [2.45, 2.75) is 59.1 Å². The van der Waals surface area contributed by atoms with E-state index in [4.69, 9.17) is 14.9 Å². The molecule has 3 nitrogen and oxygen atoms in total. The second-order valence-corrected chi connectivity index (χ2v) is 5.17. The Morgan fingerprint density at radius 2 is 2.06 bits per heavy atom. The standard InChI is InChI=1S/C15H27NO2/c1-5-7-11(3)10-17-15(13(16)6-2)14-9-8-12(4)18-14/h8-9,11,13,15H,5-7,10,16H2,1-4H3. The number of ether oxygens (including phenoxy) is 1. The number of nitrogens with two attached hydrogens (primary N) is 1. The Kier molecular flexibility index (Phi) is 6.44. The van der Waals surface area contributed by atoms with Gasteiger partial charge < -0.3 is 14.9 Å². The van der Waals surface area contributed by atoms with Gasteiger partial charge in [-0.1, -0.05) is 27.2 Å². The Morgan fingerprint density at radius 3 is 2.56 bits per heavy atom. The van der Waals surface area contributed by atoms with Crippen LogP contribution in [-0.2, 0) is 4.74 Å². The van der Waals surface area contributed by atoms with Crippen molar-refractivity contribution >= 4 is 0 Å². The van der Waals surface area contributed by atoms with Crippen LogP contribution in [0.2, 0.25) is 0 Å². The number of hydrogen-bond donors (Lipinski definition) is 1. The molecule has 0 amide bonds. The molecule has 0 aliphatic heterocycles. The van der Waals surface area contributed by atoms with Crippen molar-refractivity contribution in [1.29, 1.82) is 0 Å². The molecule has 0 saturated carbocycles. The fourth-order valence-electron chi connectivity index (χ4n) is 2.08. The number of rotatable bonds is 8. The van der Waals surface area contributed by atoms with E-state index < -0.39 is 0 Å². The van der Waals surface area contributed by atoms with Crippen LogP contribution in [0.4, 0.5) is 0 Å². The average Bonchev–Trinajstić information content (AvgIpc) is 2.76. The third-order valence-electron chi connectivity index (χ3n) is 3.24. The third kappa shape index (κ3) is 4.46. The predicted octanol–water partition coefficient (Wildman–Crippen LogP) is 3.82. The summed E-state index contributed by atoms with van der Waals surface area (Å²) in [5, 5.41) is 0. The van der Waals surface area contributed by atoms with Crippen molar-refractivity contribution in [2.24, 2.45) is 11.7 Å². The van der Waals surface area contributed by atoms with Gasteiger partial charge >= 0.3 is 0 Å². The Hall–Kier alpha value is -0.800. The minimum Gasteiger partial charge on any atom is -0.464 e. The molecule has 0 fully saturated rings. The maximum Gasteiger partial charge on any atom is 0.134 e. The summed E-state index contributed by atoms with van der Waals surface area (Å²) >= 11 is 0. The summed E-state index contributed by atoms with van der Waals surface area (Å²) in [6, 6.07) is 3.92. The monoisotopic (exact) mass is 253 g/mol. The van der Waals surface area contributed by atoms with Crippen LogP contribution in [-0.4, -0.2) is 12.6 Å². The zero-order valence-electron chi connectivity index (χ0n) is 12.1. The van der Waals surface area contributed by atoms with Crippen LogP contribution in [0.1, 0.15) is 57.7 Å². The van der Waals surface area contributed by atoms with Crippen LogP contribution in [0.5, 0.6) is 0 Å². The van der Waals surface area contributed by atoms with E-state index in [1.165, 1.54) is 12.8 Å². The number of hydrogen-bond acceptors (Lipinski definition) is 3. The summed E-state index contributed by atoms with van der Waals surface area (Å²) in [5.41, 5.74) is 6.13. The van der Waals surface area contributed by atoms with Crippen molar-refractivity contribution in [3.8, 4) is 0 Å². The van der Waals surface area contributed by atoms with Gasteiger partial charge in [0.25, 0.3) is 0 Å². The zero-order chi connectivity index (χ0) is 13.5. The summed E-state index contributed by atoms with van der Waals surface area (Å²) in [4.78, 5) is 0. The molecule has 3 unspecified atom stereocenters. The molecule has 3 heteroatoms. The van der Waals surface area contributed by atoms with E-state index in [2.05, 4.69) is 20.8 Å². The van der Waals surface area contributed by atoms with Gasteiger partial charge in [-0.2, -0.15) is 0 Å². The van der Waals surface area contributed by atoms with E-state index in [0.717, 1.165) is 24.5 Å². The molecule has 1 heterocycles. The largest absolute Gasteiger partial charge is 0.464 e. The Morgan fingerprint density at radius 1 is 1.33 bits per heavy atom. The molecular weight excluding hydrogens is 226 g/mol. The zero-order valence-corrected chi connectivity index (χ0v) is 12.1.